The molecule has 0 radical (unpaired) electrons. The van der Waals surface area contributed by atoms with Gasteiger partial charge in [0.2, 0.25) is 0 Å². The molecular weight excluding hydrogens is 376 g/mol. The average Bonchev–Trinajstić information content (AvgIpc) is 3.51. The summed E-state index contributed by atoms with van der Waals surface area (Å²) >= 11 is 0. The number of methoxy groups -OCH3 is 1. The fourth-order valence-electron chi connectivity index (χ4n) is 4.00. The predicted octanol–water partition coefficient (Wildman–Crippen LogP) is 3.45. The summed E-state index contributed by atoms with van der Waals surface area (Å²) < 4.78 is 10.9. The van der Waals surface area contributed by atoms with E-state index in [1.807, 2.05) is 36.2 Å². The number of hydrogen-bond acceptors (Lipinski definition) is 4. The van der Waals surface area contributed by atoms with Crippen LogP contribution in [-0.4, -0.2) is 50.8 Å². The van der Waals surface area contributed by atoms with Gasteiger partial charge < -0.3 is 19.7 Å². The van der Waals surface area contributed by atoms with E-state index in [1.165, 1.54) is 29.5 Å². The number of rotatable bonds is 10. The van der Waals surface area contributed by atoms with Crippen LogP contribution < -0.4 is 10.1 Å². The van der Waals surface area contributed by atoms with Crippen molar-refractivity contribution in [1.82, 2.24) is 10.2 Å². The molecule has 1 amide bonds. The fraction of sp³-hybridized carbons (Fsp3) is 0.480. The maximum absolute atomic E-state index is 13.0. The molecule has 5 heteroatoms. The number of carbonyl (C=O) groups excluding carboxylic acids is 1. The van der Waals surface area contributed by atoms with Crippen LogP contribution in [0.3, 0.4) is 0 Å². The van der Waals surface area contributed by atoms with Crippen molar-refractivity contribution in [2.24, 2.45) is 5.92 Å². The van der Waals surface area contributed by atoms with Gasteiger partial charge in [0, 0.05) is 38.9 Å². The molecule has 2 aromatic rings. The van der Waals surface area contributed by atoms with E-state index in [2.05, 4.69) is 23.5 Å². The minimum absolute atomic E-state index is 0.0722. The maximum atomic E-state index is 13.0. The molecule has 1 fully saturated rings. The molecule has 0 bridgehead atoms. The summed E-state index contributed by atoms with van der Waals surface area (Å²) in [6, 6.07) is 14.5. The third-order valence-corrected chi connectivity index (χ3v) is 6.15. The first-order chi connectivity index (χ1) is 14.6. The summed E-state index contributed by atoms with van der Waals surface area (Å²) in [4.78, 5) is 14.9. The zero-order chi connectivity index (χ0) is 20.9. The van der Waals surface area contributed by atoms with Gasteiger partial charge in [-0.3, -0.25) is 4.79 Å². The van der Waals surface area contributed by atoms with Gasteiger partial charge in [0.1, 0.15) is 5.75 Å². The molecule has 0 heterocycles. The van der Waals surface area contributed by atoms with E-state index >= 15 is 0 Å². The Hall–Kier alpha value is -2.37. The normalized spacial score (nSPS) is 17.6. The molecule has 4 rings (SSSR count). The largest absolute Gasteiger partial charge is 0.493 e. The van der Waals surface area contributed by atoms with Gasteiger partial charge in [0.05, 0.1) is 13.2 Å². The summed E-state index contributed by atoms with van der Waals surface area (Å²) in [5.41, 5.74) is 4.70. The number of benzene rings is 2. The van der Waals surface area contributed by atoms with Crippen molar-refractivity contribution in [2.75, 3.05) is 33.9 Å². The summed E-state index contributed by atoms with van der Waals surface area (Å²) in [5.74, 6) is 1.65. The molecule has 1 unspecified atom stereocenters. The van der Waals surface area contributed by atoms with Crippen molar-refractivity contribution in [3.8, 4) is 5.75 Å². The molecule has 1 saturated carbocycles. The van der Waals surface area contributed by atoms with E-state index in [9.17, 15) is 4.79 Å². The van der Waals surface area contributed by atoms with E-state index < -0.39 is 0 Å². The minimum Gasteiger partial charge on any atom is -0.493 e. The van der Waals surface area contributed by atoms with Crippen molar-refractivity contribution in [3.05, 3.63) is 64.7 Å². The highest BCUT2D eigenvalue weighted by molar-refractivity contribution is 5.94. The van der Waals surface area contributed by atoms with Crippen LogP contribution in [0.15, 0.2) is 42.5 Å². The molecule has 0 aliphatic heterocycles. The lowest BCUT2D eigenvalue weighted by atomic mass is 10.1. The van der Waals surface area contributed by atoms with Gasteiger partial charge in [0.25, 0.3) is 5.91 Å². The van der Waals surface area contributed by atoms with E-state index in [0.29, 0.717) is 6.61 Å². The SMILES string of the molecule is COCCNCc1ccc2c(c1)CC(N(C)C(=O)c1ccc(OCC3CC3)cc1)C2. The molecule has 0 aromatic heterocycles. The number of likely N-dealkylation sites (N-methyl/N-ethyl adjacent to an activating group) is 1. The van der Waals surface area contributed by atoms with E-state index in [1.54, 1.807) is 7.11 Å². The molecule has 160 valence electrons. The van der Waals surface area contributed by atoms with E-state index in [4.69, 9.17) is 9.47 Å². The molecule has 2 aliphatic rings. The molecule has 30 heavy (non-hydrogen) atoms. The van der Waals surface area contributed by atoms with Crippen LogP contribution in [0.2, 0.25) is 0 Å². The first-order valence-corrected chi connectivity index (χ1v) is 10.9. The molecule has 1 atom stereocenters. The van der Waals surface area contributed by atoms with Gasteiger partial charge in [-0.05, 0) is 72.6 Å². The minimum atomic E-state index is 0.0722. The number of fused-ring (bicyclic) bond motifs is 1. The zero-order valence-corrected chi connectivity index (χ0v) is 18.0. The van der Waals surface area contributed by atoms with Crippen molar-refractivity contribution in [2.45, 2.75) is 38.3 Å². The number of nitrogens with zero attached hydrogens (tertiary/aromatic N) is 1. The molecule has 0 spiro atoms. The fourth-order valence-corrected chi connectivity index (χ4v) is 4.00. The lowest BCUT2D eigenvalue weighted by molar-refractivity contribution is 0.0737. The second kappa shape index (κ2) is 9.63. The van der Waals surface area contributed by atoms with Gasteiger partial charge in [-0.25, -0.2) is 0 Å². The van der Waals surface area contributed by atoms with Gasteiger partial charge in [0.15, 0.2) is 0 Å². The van der Waals surface area contributed by atoms with Crippen LogP contribution in [0.5, 0.6) is 5.75 Å². The molecular formula is C25H32N2O3. The lowest BCUT2D eigenvalue weighted by Gasteiger charge is -2.24. The standard InChI is InChI=1S/C25H32N2O3/c1-27(25(28)20-7-9-24(10-8-20)30-17-18-3-4-18)23-14-21-6-5-19(13-22(21)15-23)16-26-11-12-29-2/h5-10,13,18,23,26H,3-4,11-12,14-17H2,1-2H3. The van der Waals surface area contributed by atoms with Crippen molar-refractivity contribution >= 4 is 5.91 Å². The Morgan fingerprint density at radius 1 is 1.10 bits per heavy atom. The lowest BCUT2D eigenvalue weighted by Crippen LogP contribution is -2.37. The second-order valence-corrected chi connectivity index (χ2v) is 8.53. The highest BCUT2D eigenvalue weighted by Gasteiger charge is 2.28. The second-order valence-electron chi connectivity index (χ2n) is 8.53. The van der Waals surface area contributed by atoms with Crippen LogP contribution in [-0.2, 0) is 24.1 Å². The highest BCUT2D eigenvalue weighted by atomic mass is 16.5. The highest BCUT2D eigenvalue weighted by Crippen LogP contribution is 2.30. The number of nitrogens with one attached hydrogen (secondary N) is 1. The third-order valence-electron chi connectivity index (χ3n) is 6.15. The van der Waals surface area contributed by atoms with Gasteiger partial charge >= 0.3 is 0 Å². The Morgan fingerprint density at radius 3 is 2.60 bits per heavy atom. The van der Waals surface area contributed by atoms with E-state index in [-0.39, 0.29) is 11.9 Å². The van der Waals surface area contributed by atoms with Crippen molar-refractivity contribution in [3.63, 3.8) is 0 Å². The van der Waals surface area contributed by atoms with Crippen LogP contribution in [0.1, 0.15) is 39.9 Å². The summed E-state index contributed by atoms with van der Waals surface area (Å²) in [6.07, 6.45) is 4.37. The topological polar surface area (TPSA) is 50.8 Å². The quantitative estimate of drug-likeness (QED) is 0.612. The van der Waals surface area contributed by atoms with Gasteiger partial charge in [-0.1, -0.05) is 18.2 Å². The molecule has 1 N–H and O–H groups in total. The first kappa shape index (κ1) is 20.9. The molecule has 2 aromatic carbocycles. The van der Waals surface area contributed by atoms with Crippen LogP contribution in [0, 0.1) is 5.92 Å². The summed E-state index contributed by atoms with van der Waals surface area (Å²) in [6.45, 7) is 3.19. The van der Waals surface area contributed by atoms with Gasteiger partial charge in [-0.2, -0.15) is 0 Å². The van der Waals surface area contributed by atoms with Crippen molar-refractivity contribution in [1.29, 1.82) is 0 Å². The van der Waals surface area contributed by atoms with Crippen LogP contribution in [0.25, 0.3) is 0 Å². The Morgan fingerprint density at radius 2 is 1.87 bits per heavy atom. The Balaban J connectivity index is 1.32. The van der Waals surface area contributed by atoms with Crippen molar-refractivity contribution < 1.29 is 14.3 Å². The smallest absolute Gasteiger partial charge is 0.253 e. The number of amides is 1. The Bertz CT molecular complexity index is 861. The maximum Gasteiger partial charge on any atom is 0.253 e. The third kappa shape index (κ3) is 5.21. The predicted molar refractivity (Wildman–Crippen MR) is 118 cm³/mol. The van der Waals surface area contributed by atoms with E-state index in [0.717, 1.165) is 49.8 Å². The number of hydrogen-bond donors (Lipinski definition) is 1. The summed E-state index contributed by atoms with van der Waals surface area (Å²) in [7, 11) is 3.63. The molecule has 5 nitrogen and oxygen atoms in total. The molecule has 2 aliphatic carbocycles. The number of ether oxygens (including phenoxy) is 2. The zero-order valence-electron chi connectivity index (χ0n) is 18.0. The molecule has 0 saturated heterocycles. The number of carbonyl (C=O) groups is 1. The first-order valence-electron chi connectivity index (χ1n) is 10.9. The average molecular weight is 409 g/mol. The summed E-state index contributed by atoms with van der Waals surface area (Å²) in [5, 5.41) is 3.39. The van der Waals surface area contributed by atoms with Crippen LogP contribution in [0.4, 0.5) is 0 Å². The van der Waals surface area contributed by atoms with Crippen LogP contribution >= 0.6 is 0 Å². The Kier molecular flexibility index (Phi) is 6.70. The van der Waals surface area contributed by atoms with Gasteiger partial charge in [-0.15, -0.1) is 0 Å². The monoisotopic (exact) mass is 408 g/mol. The Labute approximate surface area is 179 Å².